The number of carboxylic acids is 1. The van der Waals surface area contributed by atoms with E-state index in [2.05, 4.69) is 15.5 Å². The Kier molecular flexibility index (Phi) is 4.69. The summed E-state index contributed by atoms with van der Waals surface area (Å²) in [5.74, 6) is -1.74. The van der Waals surface area contributed by atoms with E-state index in [-0.39, 0.29) is 17.4 Å². The number of nitrogens with one attached hydrogen (secondary N) is 1. The van der Waals surface area contributed by atoms with Gasteiger partial charge in [-0.2, -0.15) is 5.10 Å². The fraction of sp³-hybridized carbons (Fsp3) is 0.231. The summed E-state index contributed by atoms with van der Waals surface area (Å²) in [5.41, 5.74) is 1.17. The van der Waals surface area contributed by atoms with Crippen molar-refractivity contribution < 1.29 is 19.1 Å². The highest BCUT2D eigenvalue weighted by atomic mass is 32.2. The van der Waals surface area contributed by atoms with Crippen LogP contribution >= 0.6 is 11.8 Å². The van der Waals surface area contributed by atoms with Gasteiger partial charge in [0.15, 0.2) is 5.17 Å². The molecule has 1 atom stereocenters. The van der Waals surface area contributed by atoms with Crippen LogP contribution in [-0.2, 0) is 9.59 Å². The van der Waals surface area contributed by atoms with Crippen LogP contribution in [0.3, 0.4) is 0 Å². The lowest BCUT2D eigenvalue weighted by molar-refractivity contribution is -0.138. The summed E-state index contributed by atoms with van der Waals surface area (Å²) < 4.78 is 13.1. The number of carbonyl (C=O) groups excluding carboxylic acids is 1. The van der Waals surface area contributed by atoms with E-state index < -0.39 is 17.1 Å². The molecule has 0 aliphatic carbocycles. The first-order valence-electron chi connectivity index (χ1n) is 6.02. The van der Waals surface area contributed by atoms with Crippen LogP contribution < -0.4 is 5.32 Å². The number of hydrogen-bond donors (Lipinski definition) is 2. The van der Waals surface area contributed by atoms with Crippen molar-refractivity contribution in [2.75, 3.05) is 0 Å². The van der Waals surface area contributed by atoms with E-state index >= 15 is 0 Å². The third-order valence-corrected chi connectivity index (χ3v) is 3.75. The Hall–Kier alpha value is -2.22. The van der Waals surface area contributed by atoms with Crippen LogP contribution in [0.25, 0.3) is 0 Å². The summed E-state index contributed by atoms with van der Waals surface area (Å²) in [6, 6.07) is 4.51. The second-order valence-corrected chi connectivity index (χ2v) is 5.54. The molecular formula is C13H12FN3O3S. The van der Waals surface area contributed by atoms with Crippen LogP contribution in [0, 0.1) is 12.7 Å². The molecule has 1 aliphatic heterocycles. The van der Waals surface area contributed by atoms with Gasteiger partial charge in [-0.15, -0.1) is 5.10 Å². The fourth-order valence-electron chi connectivity index (χ4n) is 1.64. The van der Waals surface area contributed by atoms with Crippen molar-refractivity contribution in [2.45, 2.75) is 18.6 Å². The van der Waals surface area contributed by atoms with Crippen LogP contribution in [0.2, 0.25) is 0 Å². The Morgan fingerprint density at radius 1 is 1.57 bits per heavy atom. The maximum absolute atomic E-state index is 13.1. The van der Waals surface area contributed by atoms with Gasteiger partial charge in [-0.05, 0) is 30.2 Å². The number of amides is 1. The summed E-state index contributed by atoms with van der Waals surface area (Å²) in [4.78, 5) is 22.0. The molecule has 1 aliphatic rings. The molecule has 0 aromatic heterocycles. The number of aryl methyl sites for hydroxylation is 1. The lowest BCUT2D eigenvalue weighted by Crippen LogP contribution is -2.26. The van der Waals surface area contributed by atoms with Crippen LogP contribution in [0.15, 0.2) is 28.4 Å². The highest BCUT2D eigenvalue weighted by Gasteiger charge is 2.32. The fourth-order valence-corrected chi connectivity index (χ4v) is 2.56. The summed E-state index contributed by atoms with van der Waals surface area (Å²) in [6.07, 6.45) is 1.16. The van der Waals surface area contributed by atoms with E-state index in [1.54, 1.807) is 19.1 Å². The molecule has 1 amide bonds. The Morgan fingerprint density at radius 2 is 2.33 bits per heavy atom. The quantitative estimate of drug-likeness (QED) is 0.652. The molecule has 1 fully saturated rings. The summed E-state index contributed by atoms with van der Waals surface area (Å²) in [5, 5.41) is 18.3. The summed E-state index contributed by atoms with van der Waals surface area (Å²) >= 11 is 1.02. The molecule has 21 heavy (non-hydrogen) atoms. The number of thioether (sulfide) groups is 1. The van der Waals surface area contributed by atoms with Gasteiger partial charge in [-0.25, -0.2) is 4.39 Å². The molecule has 1 heterocycles. The average Bonchev–Trinajstić information content (AvgIpc) is 2.73. The summed E-state index contributed by atoms with van der Waals surface area (Å²) in [7, 11) is 0. The smallest absolute Gasteiger partial charge is 0.305 e. The van der Waals surface area contributed by atoms with Crippen molar-refractivity contribution >= 4 is 35.0 Å². The third kappa shape index (κ3) is 4.12. The number of hydrogen-bond acceptors (Lipinski definition) is 5. The largest absolute Gasteiger partial charge is 0.481 e. The zero-order valence-electron chi connectivity index (χ0n) is 11.0. The minimum Gasteiger partial charge on any atom is -0.481 e. The maximum Gasteiger partial charge on any atom is 0.305 e. The van der Waals surface area contributed by atoms with Crippen LogP contribution in [-0.4, -0.2) is 33.6 Å². The van der Waals surface area contributed by atoms with E-state index in [0.29, 0.717) is 11.1 Å². The second kappa shape index (κ2) is 6.49. The van der Waals surface area contributed by atoms with E-state index in [0.717, 1.165) is 11.8 Å². The molecule has 1 aromatic carbocycles. The number of carboxylic acid groups (broad SMARTS) is 1. The molecule has 1 saturated heterocycles. The maximum atomic E-state index is 13.1. The zero-order chi connectivity index (χ0) is 15.4. The van der Waals surface area contributed by atoms with Crippen molar-refractivity contribution in [3.8, 4) is 0 Å². The van der Waals surface area contributed by atoms with Crippen molar-refractivity contribution in [1.29, 1.82) is 0 Å². The van der Waals surface area contributed by atoms with Crippen LogP contribution in [0.5, 0.6) is 0 Å². The predicted molar refractivity (Wildman–Crippen MR) is 77.9 cm³/mol. The lowest BCUT2D eigenvalue weighted by atomic mass is 10.1. The summed E-state index contributed by atoms with van der Waals surface area (Å²) in [6.45, 7) is 1.64. The Morgan fingerprint density at radius 3 is 3.00 bits per heavy atom. The molecule has 0 saturated carbocycles. The van der Waals surface area contributed by atoms with E-state index in [1.165, 1.54) is 12.3 Å². The predicted octanol–water partition coefficient (Wildman–Crippen LogP) is 1.53. The van der Waals surface area contributed by atoms with Crippen molar-refractivity contribution in [2.24, 2.45) is 10.2 Å². The molecule has 8 heteroatoms. The first kappa shape index (κ1) is 15.2. The normalized spacial score (nSPS) is 20.2. The Labute approximate surface area is 124 Å². The Bertz CT molecular complexity index is 646. The van der Waals surface area contributed by atoms with Gasteiger partial charge in [0.25, 0.3) is 0 Å². The number of benzene rings is 1. The standard InChI is InChI=1S/C13H12FN3O3S/c1-7-4-8(2-3-9(7)14)6-15-17-13-16-12(20)10(21-13)5-11(18)19/h2-4,6,10H,5H2,1H3,(H,18,19)(H,16,17,20). The molecule has 2 N–H and O–H groups in total. The molecular weight excluding hydrogens is 297 g/mol. The average molecular weight is 309 g/mol. The molecule has 0 radical (unpaired) electrons. The molecule has 1 aromatic rings. The van der Waals surface area contributed by atoms with Gasteiger partial charge >= 0.3 is 5.97 Å². The van der Waals surface area contributed by atoms with Crippen LogP contribution in [0.1, 0.15) is 17.5 Å². The zero-order valence-corrected chi connectivity index (χ0v) is 11.9. The van der Waals surface area contributed by atoms with Gasteiger partial charge in [-0.3, -0.25) is 9.59 Å². The van der Waals surface area contributed by atoms with Crippen molar-refractivity contribution in [3.63, 3.8) is 0 Å². The van der Waals surface area contributed by atoms with E-state index in [4.69, 9.17) is 5.11 Å². The van der Waals surface area contributed by atoms with E-state index in [9.17, 15) is 14.0 Å². The third-order valence-electron chi connectivity index (χ3n) is 2.67. The van der Waals surface area contributed by atoms with Gasteiger partial charge in [0.1, 0.15) is 11.1 Å². The second-order valence-electron chi connectivity index (χ2n) is 4.35. The molecule has 0 bridgehead atoms. The van der Waals surface area contributed by atoms with Gasteiger partial charge in [0, 0.05) is 0 Å². The highest BCUT2D eigenvalue weighted by molar-refractivity contribution is 8.15. The monoisotopic (exact) mass is 309 g/mol. The topological polar surface area (TPSA) is 91.1 Å². The van der Waals surface area contributed by atoms with Crippen molar-refractivity contribution in [3.05, 3.63) is 35.1 Å². The number of rotatable bonds is 4. The number of halogens is 1. The van der Waals surface area contributed by atoms with E-state index in [1.807, 2.05) is 0 Å². The van der Waals surface area contributed by atoms with Gasteiger partial charge < -0.3 is 10.4 Å². The number of aliphatic carboxylic acids is 1. The molecule has 1 unspecified atom stereocenters. The van der Waals surface area contributed by atoms with Crippen molar-refractivity contribution in [1.82, 2.24) is 5.32 Å². The molecule has 0 spiro atoms. The number of carbonyl (C=O) groups is 2. The number of amidine groups is 1. The van der Waals surface area contributed by atoms with Crippen LogP contribution in [0.4, 0.5) is 4.39 Å². The SMILES string of the molecule is Cc1cc(C=NN=C2NC(=O)C(CC(=O)O)S2)ccc1F. The van der Waals surface area contributed by atoms with Gasteiger partial charge in [0.05, 0.1) is 12.6 Å². The van der Waals surface area contributed by atoms with Gasteiger partial charge in [-0.1, -0.05) is 17.8 Å². The minimum atomic E-state index is -1.05. The Balaban J connectivity index is 2.01. The lowest BCUT2D eigenvalue weighted by Gasteiger charge is -1.98. The van der Waals surface area contributed by atoms with Gasteiger partial charge in [0.2, 0.25) is 5.91 Å². The first-order valence-corrected chi connectivity index (χ1v) is 6.90. The number of nitrogens with zero attached hydrogens (tertiary/aromatic N) is 2. The highest BCUT2D eigenvalue weighted by Crippen LogP contribution is 2.22. The molecule has 110 valence electrons. The molecule has 2 rings (SSSR count). The minimum absolute atomic E-state index is 0.251. The first-order chi connectivity index (χ1) is 9.95. The molecule has 6 nitrogen and oxygen atoms in total.